The summed E-state index contributed by atoms with van der Waals surface area (Å²) < 4.78 is 32.3. The van der Waals surface area contributed by atoms with Crippen LogP contribution >= 0.6 is 22.9 Å². The van der Waals surface area contributed by atoms with E-state index >= 15 is 0 Å². The van der Waals surface area contributed by atoms with Crippen molar-refractivity contribution < 1.29 is 12.8 Å². The molecule has 2 aromatic heterocycles. The van der Waals surface area contributed by atoms with Gasteiger partial charge in [0.15, 0.2) is 0 Å². The van der Waals surface area contributed by atoms with Crippen LogP contribution in [0.4, 0.5) is 0 Å². The number of nitrogens with one attached hydrogen (secondary N) is 1. The van der Waals surface area contributed by atoms with Gasteiger partial charge in [0, 0.05) is 18.9 Å². The summed E-state index contributed by atoms with van der Waals surface area (Å²) in [5, 5.41) is 7.75. The van der Waals surface area contributed by atoms with E-state index in [0.29, 0.717) is 22.5 Å². The summed E-state index contributed by atoms with van der Waals surface area (Å²) in [4.78, 5) is 0. The molecular formula is C11H14ClN3O3S2. The maximum Gasteiger partial charge on any atom is 0.250 e. The van der Waals surface area contributed by atoms with E-state index in [1.807, 2.05) is 13.8 Å². The van der Waals surface area contributed by atoms with Gasteiger partial charge in [0.05, 0.1) is 4.34 Å². The fourth-order valence-corrected chi connectivity index (χ4v) is 3.97. The molecule has 0 spiro atoms. The Labute approximate surface area is 126 Å². The van der Waals surface area contributed by atoms with E-state index in [9.17, 15) is 8.42 Å². The third kappa shape index (κ3) is 3.78. The topological polar surface area (TPSA) is 85.1 Å². The van der Waals surface area contributed by atoms with Crippen LogP contribution in [0, 0.1) is 0 Å². The van der Waals surface area contributed by atoms with E-state index in [4.69, 9.17) is 16.0 Å². The molecule has 0 aliphatic heterocycles. The lowest BCUT2D eigenvalue weighted by molar-refractivity contribution is 0.431. The van der Waals surface area contributed by atoms with Gasteiger partial charge in [-0.1, -0.05) is 25.4 Å². The van der Waals surface area contributed by atoms with E-state index in [-0.39, 0.29) is 16.7 Å². The molecule has 0 aromatic carbocycles. The minimum atomic E-state index is -3.52. The smallest absolute Gasteiger partial charge is 0.250 e. The largest absolute Gasteiger partial charge is 0.425 e. The molecule has 9 heteroatoms. The van der Waals surface area contributed by atoms with Gasteiger partial charge in [-0.15, -0.1) is 21.5 Å². The molecule has 0 unspecified atom stereocenters. The lowest BCUT2D eigenvalue weighted by atomic mass is 10.2. The summed E-state index contributed by atoms with van der Waals surface area (Å²) in [7, 11) is -3.52. The predicted molar refractivity (Wildman–Crippen MR) is 76.6 cm³/mol. The van der Waals surface area contributed by atoms with E-state index < -0.39 is 10.0 Å². The van der Waals surface area contributed by atoms with Gasteiger partial charge in [-0.05, 0) is 12.1 Å². The molecule has 6 nitrogen and oxygen atoms in total. The van der Waals surface area contributed by atoms with Gasteiger partial charge in [0.1, 0.15) is 4.21 Å². The Morgan fingerprint density at radius 1 is 1.40 bits per heavy atom. The zero-order chi connectivity index (χ0) is 14.8. The summed E-state index contributed by atoms with van der Waals surface area (Å²) in [6, 6.07) is 3.02. The number of halogens is 1. The van der Waals surface area contributed by atoms with Crippen molar-refractivity contribution in [3.8, 4) is 0 Å². The first-order chi connectivity index (χ1) is 9.38. The Balaban J connectivity index is 1.92. The van der Waals surface area contributed by atoms with Gasteiger partial charge < -0.3 is 4.42 Å². The van der Waals surface area contributed by atoms with Crippen LogP contribution in [-0.4, -0.2) is 25.2 Å². The molecule has 0 fully saturated rings. The Hall–Kier alpha value is -0.960. The molecule has 0 saturated carbocycles. The van der Waals surface area contributed by atoms with Crippen molar-refractivity contribution in [1.29, 1.82) is 0 Å². The number of thiophene rings is 1. The van der Waals surface area contributed by atoms with Crippen molar-refractivity contribution in [2.45, 2.75) is 30.4 Å². The molecule has 20 heavy (non-hydrogen) atoms. The SMILES string of the molecule is CC(C)c1nnc(CCNS(=O)(=O)c2ccc(Cl)s2)o1. The van der Waals surface area contributed by atoms with Crippen LogP contribution in [0.3, 0.4) is 0 Å². The van der Waals surface area contributed by atoms with Crippen molar-refractivity contribution in [1.82, 2.24) is 14.9 Å². The highest BCUT2D eigenvalue weighted by Crippen LogP contribution is 2.25. The minimum absolute atomic E-state index is 0.154. The van der Waals surface area contributed by atoms with Crippen LogP contribution in [0.25, 0.3) is 0 Å². The third-order valence-electron chi connectivity index (χ3n) is 2.42. The number of nitrogens with zero attached hydrogens (tertiary/aromatic N) is 2. The van der Waals surface area contributed by atoms with E-state index in [1.165, 1.54) is 6.07 Å². The second kappa shape index (κ2) is 6.21. The van der Waals surface area contributed by atoms with Gasteiger partial charge in [0.25, 0.3) is 0 Å². The molecule has 0 aliphatic rings. The van der Waals surface area contributed by atoms with Crippen LogP contribution < -0.4 is 4.72 Å². The molecule has 110 valence electrons. The van der Waals surface area contributed by atoms with Crippen LogP contribution in [0.15, 0.2) is 20.8 Å². The Kier molecular flexibility index (Phi) is 4.79. The first-order valence-electron chi connectivity index (χ1n) is 5.96. The van der Waals surface area contributed by atoms with Crippen LogP contribution in [0.5, 0.6) is 0 Å². The second-order valence-electron chi connectivity index (χ2n) is 4.40. The quantitative estimate of drug-likeness (QED) is 0.876. The molecule has 2 heterocycles. The number of sulfonamides is 1. The minimum Gasteiger partial charge on any atom is -0.425 e. The lowest BCUT2D eigenvalue weighted by Crippen LogP contribution is -2.25. The monoisotopic (exact) mass is 335 g/mol. The number of aromatic nitrogens is 2. The van der Waals surface area contributed by atoms with Gasteiger partial charge in [-0.2, -0.15) is 0 Å². The summed E-state index contributed by atoms with van der Waals surface area (Å²) in [5.41, 5.74) is 0. The normalized spacial score (nSPS) is 12.2. The maximum atomic E-state index is 11.9. The first-order valence-corrected chi connectivity index (χ1v) is 8.63. The predicted octanol–water partition coefficient (Wildman–Crippen LogP) is 2.43. The van der Waals surface area contributed by atoms with Crippen molar-refractivity contribution in [2.24, 2.45) is 0 Å². The highest BCUT2D eigenvalue weighted by Gasteiger charge is 2.17. The average molecular weight is 336 g/mol. The summed E-state index contributed by atoms with van der Waals surface area (Å²) in [5.74, 6) is 1.12. The van der Waals surface area contributed by atoms with Gasteiger partial charge in [-0.25, -0.2) is 13.1 Å². The standard InChI is InChI=1S/C11H14ClN3O3S2/c1-7(2)11-15-14-9(18-11)5-6-13-20(16,17)10-4-3-8(12)19-10/h3-4,7,13H,5-6H2,1-2H3. The number of hydrogen-bond acceptors (Lipinski definition) is 6. The highest BCUT2D eigenvalue weighted by molar-refractivity contribution is 7.91. The summed E-state index contributed by atoms with van der Waals surface area (Å²) in [6.45, 7) is 4.08. The first kappa shape index (κ1) is 15.4. The fraction of sp³-hybridized carbons (Fsp3) is 0.455. The zero-order valence-corrected chi connectivity index (χ0v) is 13.3. The lowest BCUT2D eigenvalue weighted by Gasteiger charge is -2.02. The van der Waals surface area contributed by atoms with Crippen molar-refractivity contribution in [2.75, 3.05) is 6.54 Å². The molecular weight excluding hydrogens is 322 g/mol. The Bertz CT molecular complexity index is 679. The summed E-state index contributed by atoms with van der Waals surface area (Å²) >= 11 is 6.73. The second-order valence-corrected chi connectivity index (χ2v) is 8.10. The van der Waals surface area contributed by atoms with Crippen molar-refractivity contribution in [3.05, 3.63) is 28.3 Å². The molecule has 0 saturated heterocycles. The molecule has 0 radical (unpaired) electrons. The summed E-state index contributed by atoms with van der Waals surface area (Å²) in [6.07, 6.45) is 0.345. The van der Waals surface area contributed by atoms with Gasteiger partial charge in [-0.3, -0.25) is 0 Å². The molecule has 0 atom stereocenters. The zero-order valence-electron chi connectivity index (χ0n) is 11.0. The fourth-order valence-electron chi connectivity index (χ4n) is 1.41. The van der Waals surface area contributed by atoms with E-state index in [1.54, 1.807) is 6.07 Å². The van der Waals surface area contributed by atoms with Gasteiger partial charge in [0.2, 0.25) is 21.8 Å². The molecule has 0 bridgehead atoms. The van der Waals surface area contributed by atoms with Gasteiger partial charge >= 0.3 is 0 Å². The van der Waals surface area contributed by atoms with Crippen molar-refractivity contribution >= 4 is 33.0 Å². The van der Waals surface area contributed by atoms with Crippen LogP contribution in [0.1, 0.15) is 31.5 Å². The third-order valence-corrected chi connectivity index (χ3v) is 5.60. The van der Waals surface area contributed by atoms with E-state index in [0.717, 1.165) is 11.3 Å². The van der Waals surface area contributed by atoms with Crippen LogP contribution in [0.2, 0.25) is 4.34 Å². The number of rotatable bonds is 6. The highest BCUT2D eigenvalue weighted by atomic mass is 35.5. The molecule has 2 aromatic rings. The van der Waals surface area contributed by atoms with E-state index in [2.05, 4.69) is 14.9 Å². The Morgan fingerprint density at radius 3 is 2.70 bits per heavy atom. The molecule has 0 amide bonds. The van der Waals surface area contributed by atoms with Crippen molar-refractivity contribution in [3.63, 3.8) is 0 Å². The molecule has 1 N–H and O–H groups in total. The van der Waals surface area contributed by atoms with Crippen LogP contribution in [-0.2, 0) is 16.4 Å². The molecule has 0 aliphatic carbocycles. The molecule has 2 rings (SSSR count). The average Bonchev–Trinajstić information content (AvgIpc) is 2.98. The maximum absolute atomic E-state index is 11.9. The number of hydrogen-bond donors (Lipinski definition) is 1. The Morgan fingerprint density at radius 2 is 2.15 bits per heavy atom.